The van der Waals surface area contributed by atoms with E-state index in [1.54, 1.807) is 0 Å². The molecule has 174 valence electrons. The highest BCUT2D eigenvalue weighted by Crippen LogP contribution is 2.09. The molecule has 0 amide bonds. The van der Waals surface area contributed by atoms with Gasteiger partial charge in [-0.15, -0.1) is 0 Å². The lowest BCUT2D eigenvalue weighted by Crippen LogP contribution is -2.30. The van der Waals surface area contributed by atoms with E-state index < -0.39 is 0 Å². The lowest BCUT2D eigenvalue weighted by Gasteiger charge is -2.26. The molecule has 2 N–H and O–H groups in total. The molecule has 0 aromatic rings. The summed E-state index contributed by atoms with van der Waals surface area (Å²) in [6, 6.07) is 0. The van der Waals surface area contributed by atoms with Crippen LogP contribution in [0.2, 0.25) is 0 Å². The fourth-order valence-corrected chi connectivity index (χ4v) is 3.26. The summed E-state index contributed by atoms with van der Waals surface area (Å²) in [5, 5.41) is 17.2. The van der Waals surface area contributed by atoms with Crippen molar-refractivity contribution < 1.29 is 10.2 Å². The minimum absolute atomic E-state index is 0.355. The van der Waals surface area contributed by atoms with Crippen molar-refractivity contribution in [3.63, 3.8) is 0 Å². The van der Waals surface area contributed by atoms with Gasteiger partial charge in [-0.1, -0.05) is 54.4 Å². The third-order valence-corrected chi connectivity index (χ3v) is 4.66. The molecule has 4 heteroatoms. The molecule has 0 aromatic heterocycles. The van der Waals surface area contributed by atoms with Crippen molar-refractivity contribution in [3.05, 3.63) is 0 Å². The maximum absolute atomic E-state index is 8.58. The predicted octanol–water partition coefficient (Wildman–Crippen LogP) is 5.57. The van der Waals surface area contributed by atoms with Crippen LogP contribution in [0.1, 0.15) is 106 Å². The fraction of sp³-hybridized carbons (Fsp3) is 1.00. The van der Waals surface area contributed by atoms with Gasteiger partial charge < -0.3 is 20.0 Å². The summed E-state index contributed by atoms with van der Waals surface area (Å²) in [7, 11) is 0. The van der Waals surface area contributed by atoms with Crippen LogP contribution in [-0.2, 0) is 0 Å². The summed E-state index contributed by atoms with van der Waals surface area (Å²) in [5.41, 5.74) is 0. The van der Waals surface area contributed by atoms with Gasteiger partial charge in [0.25, 0.3) is 0 Å². The van der Waals surface area contributed by atoms with E-state index in [-0.39, 0.29) is 0 Å². The van der Waals surface area contributed by atoms with Crippen LogP contribution in [0.3, 0.4) is 0 Å². The molecule has 2 saturated heterocycles. The molecule has 2 heterocycles. The molecule has 0 radical (unpaired) electrons. The molecular formula is C24H56N2O2. The van der Waals surface area contributed by atoms with Crippen molar-refractivity contribution in [3.8, 4) is 0 Å². The average Bonchev–Trinajstić information content (AvgIpc) is 2.80. The Morgan fingerprint density at radius 3 is 1.00 bits per heavy atom. The fourth-order valence-electron chi connectivity index (χ4n) is 3.26. The Hall–Kier alpha value is -0.160. The Morgan fingerprint density at radius 2 is 0.750 bits per heavy atom. The summed E-state index contributed by atoms with van der Waals surface area (Å²) >= 11 is 0. The molecule has 28 heavy (non-hydrogen) atoms. The van der Waals surface area contributed by atoms with E-state index in [9.17, 15) is 0 Å². The maximum Gasteiger partial charge on any atom is 0.0431 e. The zero-order valence-electron chi connectivity index (χ0n) is 20.5. The van der Waals surface area contributed by atoms with Gasteiger partial charge in [-0.25, -0.2) is 0 Å². The van der Waals surface area contributed by atoms with Crippen molar-refractivity contribution in [2.75, 3.05) is 52.5 Å². The van der Waals surface area contributed by atoms with Gasteiger partial charge in [0.2, 0.25) is 0 Å². The third kappa shape index (κ3) is 23.9. The highest BCUT2D eigenvalue weighted by Gasteiger charge is 2.09. The van der Waals surface area contributed by atoms with Crippen molar-refractivity contribution in [1.29, 1.82) is 0 Å². The molecule has 4 nitrogen and oxygen atoms in total. The first kappa shape index (κ1) is 32.5. The van der Waals surface area contributed by atoms with E-state index in [4.69, 9.17) is 10.2 Å². The minimum atomic E-state index is 0.355. The molecule has 2 fully saturated rings. The van der Waals surface area contributed by atoms with Gasteiger partial charge in [0, 0.05) is 13.2 Å². The van der Waals surface area contributed by atoms with Gasteiger partial charge in [0.05, 0.1) is 0 Å². The Labute approximate surface area is 178 Å². The lowest BCUT2D eigenvalue weighted by molar-refractivity contribution is 0.212. The molecule has 2 rings (SSSR count). The van der Waals surface area contributed by atoms with Gasteiger partial charge in [-0.2, -0.15) is 0 Å². The van der Waals surface area contributed by atoms with Gasteiger partial charge in [0.1, 0.15) is 0 Å². The predicted molar refractivity (Wildman–Crippen MR) is 127 cm³/mol. The summed E-state index contributed by atoms with van der Waals surface area (Å²) < 4.78 is 0. The van der Waals surface area contributed by atoms with Crippen LogP contribution >= 0.6 is 0 Å². The van der Waals surface area contributed by atoms with Crippen molar-refractivity contribution in [2.24, 2.45) is 0 Å². The Bertz CT molecular complexity index is 205. The first-order valence-electron chi connectivity index (χ1n) is 12.5. The summed E-state index contributed by atoms with van der Waals surface area (Å²) in [4.78, 5) is 5.03. The van der Waals surface area contributed by atoms with Crippen LogP contribution in [-0.4, -0.2) is 72.5 Å². The molecule has 0 saturated carbocycles. The Kier molecular flexibility index (Phi) is 36.6. The monoisotopic (exact) mass is 404 g/mol. The topological polar surface area (TPSA) is 46.9 Å². The number of likely N-dealkylation sites (tertiary alicyclic amines) is 2. The number of unbranched alkanes of at least 4 members (excludes halogenated alkanes) is 2. The van der Waals surface area contributed by atoms with Crippen LogP contribution in [0.4, 0.5) is 0 Å². The molecule has 2 aliphatic heterocycles. The van der Waals surface area contributed by atoms with Gasteiger partial charge in [-0.05, 0) is 90.6 Å². The van der Waals surface area contributed by atoms with Crippen LogP contribution in [0.25, 0.3) is 0 Å². The summed E-state index contributed by atoms with van der Waals surface area (Å²) in [5.74, 6) is 0. The second-order valence-electron chi connectivity index (χ2n) is 6.67. The number of aliphatic hydroxyl groups excluding tert-OH is 2. The van der Waals surface area contributed by atoms with Crippen LogP contribution in [0.15, 0.2) is 0 Å². The van der Waals surface area contributed by atoms with Crippen LogP contribution in [0, 0.1) is 0 Å². The number of rotatable bonds is 8. The molecule has 0 bridgehead atoms. The molecule has 0 unspecified atom stereocenters. The number of hydrogen-bond donors (Lipinski definition) is 2. The first-order chi connectivity index (χ1) is 13.9. The zero-order valence-corrected chi connectivity index (χ0v) is 20.5. The van der Waals surface area contributed by atoms with Gasteiger partial charge in [0.15, 0.2) is 0 Å². The third-order valence-electron chi connectivity index (χ3n) is 4.66. The highest BCUT2D eigenvalue weighted by molar-refractivity contribution is 4.64. The molecule has 0 aliphatic carbocycles. The van der Waals surface area contributed by atoms with Gasteiger partial charge in [-0.3, -0.25) is 0 Å². The quantitative estimate of drug-likeness (QED) is 0.519. The number of hydrogen-bond acceptors (Lipinski definition) is 4. The van der Waals surface area contributed by atoms with E-state index in [2.05, 4.69) is 9.80 Å². The summed E-state index contributed by atoms with van der Waals surface area (Å²) in [6.07, 6.45) is 12.6. The second-order valence-corrected chi connectivity index (χ2v) is 6.67. The molecule has 0 atom stereocenters. The normalized spacial score (nSPS) is 16.7. The standard InChI is InChI=1S/2C9H19NO.3C2H6/c2*11-9-5-4-8-10-6-2-1-3-7-10;3*1-2/h2*11H,1-9H2;3*1-2H3. The van der Waals surface area contributed by atoms with Crippen molar-refractivity contribution in [2.45, 2.75) is 106 Å². The molecule has 0 aromatic carbocycles. The number of aliphatic hydroxyl groups is 2. The zero-order chi connectivity index (χ0) is 21.9. The Morgan fingerprint density at radius 1 is 0.464 bits per heavy atom. The lowest BCUT2D eigenvalue weighted by atomic mass is 10.1. The minimum Gasteiger partial charge on any atom is -0.396 e. The SMILES string of the molecule is CC.CC.CC.OCCCCN1CCCCC1.OCCCCN1CCCCC1. The van der Waals surface area contributed by atoms with Gasteiger partial charge >= 0.3 is 0 Å². The Balaban J connectivity index is -0.000000352. The van der Waals surface area contributed by atoms with Crippen LogP contribution < -0.4 is 0 Å². The first-order valence-corrected chi connectivity index (χ1v) is 12.5. The van der Waals surface area contributed by atoms with Crippen molar-refractivity contribution in [1.82, 2.24) is 9.80 Å². The molecular weight excluding hydrogens is 348 g/mol. The number of piperidine rings is 2. The smallest absolute Gasteiger partial charge is 0.0431 e. The average molecular weight is 405 g/mol. The molecule has 2 aliphatic rings. The summed E-state index contributed by atoms with van der Waals surface area (Å²) in [6.45, 7) is 20.2. The van der Waals surface area contributed by atoms with Crippen molar-refractivity contribution >= 4 is 0 Å². The van der Waals surface area contributed by atoms with E-state index in [1.807, 2.05) is 41.5 Å². The van der Waals surface area contributed by atoms with Crippen LogP contribution in [0.5, 0.6) is 0 Å². The van der Waals surface area contributed by atoms with E-state index in [0.29, 0.717) is 13.2 Å². The van der Waals surface area contributed by atoms with E-state index in [1.165, 1.54) is 77.8 Å². The highest BCUT2D eigenvalue weighted by atomic mass is 16.3. The number of nitrogens with zero attached hydrogens (tertiary/aromatic N) is 2. The maximum atomic E-state index is 8.58. The van der Waals surface area contributed by atoms with E-state index in [0.717, 1.165) is 25.7 Å². The molecule has 0 spiro atoms. The van der Waals surface area contributed by atoms with E-state index >= 15 is 0 Å². The largest absolute Gasteiger partial charge is 0.396 e. The second kappa shape index (κ2) is 31.5.